The fourth-order valence-corrected chi connectivity index (χ4v) is 5.58. The molecule has 0 aromatic heterocycles. The second-order valence-electron chi connectivity index (χ2n) is 8.92. The Morgan fingerprint density at radius 1 is 1.00 bits per heavy atom. The second-order valence-corrected chi connectivity index (χ2v) is 10.8. The Bertz CT molecular complexity index is 1100. The van der Waals surface area contributed by atoms with Crippen LogP contribution in [0.4, 0.5) is 11.4 Å². The van der Waals surface area contributed by atoms with Gasteiger partial charge >= 0.3 is 0 Å². The molecule has 33 heavy (non-hydrogen) atoms. The summed E-state index contributed by atoms with van der Waals surface area (Å²) in [5.74, 6) is -0.753. The molecule has 1 saturated carbocycles. The number of anilines is 2. The molecule has 1 aliphatic carbocycles. The molecule has 3 rings (SSSR count). The minimum atomic E-state index is -3.74. The molecule has 0 radical (unpaired) electrons. The first-order chi connectivity index (χ1) is 15.6. The Morgan fingerprint density at radius 3 is 2.21 bits per heavy atom. The summed E-state index contributed by atoms with van der Waals surface area (Å²) < 4.78 is 26.4. The van der Waals surface area contributed by atoms with E-state index in [1.54, 1.807) is 43.3 Å². The Hall–Kier alpha value is -2.87. The number of amides is 2. The van der Waals surface area contributed by atoms with E-state index >= 15 is 0 Å². The van der Waals surface area contributed by atoms with E-state index in [1.807, 2.05) is 19.9 Å². The number of hydrogen-bond acceptors (Lipinski definition) is 4. The molecular formula is C25H33N3O4S. The summed E-state index contributed by atoms with van der Waals surface area (Å²) in [6.07, 6.45) is 6.38. The molecule has 2 aromatic rings. The Balaban J connectivity index is 1.83. The maximum Gasteiger partial charge on any atom is 0.253 e. The number of hydrogen-bond donors (Lipinski definition) is 2. The number of aryl methyl sites for hydroxylation is 2. The highest BCUT2D eigenvalue weighted by molar-refractivity contribution is 7.92. The van der Waals surface area contributed by atoms with Crippen LogP contribution in [-0.4, -0.2) is 38.6 Å². The number of rotatable bonds is 7. The van der Waals surface area contributed by atoms with Crippen LogP contribution in [0.2, 0.25) is 0 Å². The lowest BCUT2D eigenvalue weighted by Crippen LogP contribution is -2.45. The minimum Gasteiger partial charge on any atom is -0.349 e. The van der Waals surface area contributed by atoms with Crippen LogP contribution in [0.25, 0.3) is 0 Å². The predicted molar refractivity (Wildman–Crippen MR) is 132 cm³/mol. The fraction of sp³-hybridized carbons (Fsp3) is 0.440. The van der Waals surface area contributed by atoms with Crippen LogP contribution in [0.5, 0.6) is 0 Å². The van der Waals surface area contributed by atoms with Gasteiger partial charge in [-0.1, -0.05) is 37.5 Å². The average Bonchev–Trinajstić information content (AvgIpc) is 2.73. The van der Waals surface area contributed by atoms with E-state index in [0.717, 1.165) is 47.4 Å². The number of benzene rings is 2. The van der Waals surface area contributed by atoms with Crippen molar-refractivity contribution in [3.63, 3.8) is 0 Å². The van der Waals surface area contributed by atoms with Crippen LogP contribution in [0, 0.1) is 13.8 Å². The first kappa shape index (κ1) is 24.8. The van der Waals surface area contributed by atoms with Gasteiger partial charge in [0, 0.05) is 6.04 Å². The summed E-state index contributed by atoms with van der Waals surface area (Å²) in [5.41, 5.74) is 2.95. The summed E-state index contributed by atoms with van der Waals surface area (Å²) in [5, 5.41) is 5.84. The zero-order chi connectivity index (χ0) is 24.2. The predicted octanol–water partition coefficient (Wildman–Crippen LogP) is 4.16. The zero-order valence-corrected chi connectivity index (χ0v) is 20.5. The quantitative estimate of drug-likeness (QED) is 0.634. The van der Waals surface area contributed by atoms with Gasteiger partial charge in [0.2, 0.25) is 15.9 Å². The summed E-state index contributed by atoms with van der Waals surface area (Å²) in [4.78, 5) is 26.1. The first-order valence-corrected chi connectivity index (χ1v) is 13.2. The van der Waals surface area contributed by atoms with Crippen LogP contribution >= 0.6 is 0 Å². The summed E-state index contributed by atoms with van der Waals surface area (Å²) >= 11 is 0. The minimum absolute atomic E-state index is 0.138. The van der Waals surface area contributed by atoms with Crippen molar-refractivity contribution in [2.24, 2.45) is 0 Å². The summed E-state index contributed by atoms with van der Waals surface area (Å²) in [6.45, 7) is 5.30. The van der Waals surface area contributed by atoms with Gasteiger partial charge in [0.1, 0.15) is 6.04 Å². The van der Waals surface area contributed by atoms with E-state index in [9.17, 15) is 18.0 Å². The van der Waals surface area contributed by atoms with Gasteiger partial charge in [-0.05, 0) is 69.0 Å². The van der Waals surface area contributed by atoms with Gasteiger partial charge in [0.15, 0.2) is 0 Å². The maximum atomic E-state index is 13.2. The summed E-state index contributed by atoms with van der Waals surface area (Å²) in [7, 11) is -3.74. The molecule has 0 spiro atoms. The van der Waals surface area contributed by atoms with Crippen molar-refractivity contribution in [2.45, 2.75) is 65.0 Å². The van der Waals surface area contributed by atoms with E-state index in [1.165, 1.54) is 6.42 Å². The van der Waals surface area contributed by atoms with Crippen LogP contribution in [0.3, 0.4) is 0 Å². The van der Waals surface area contributed by atoms with Crippen molar-refractivity contribution in [1.82, 2.24) is 5.32 Å². The van der Waals surface area contributed by atoms with Crippen molar-refractivity contribution < 1.29 is 18.0 Å². The molecule has 0 heterocycles. The molecule has 1 fully saturated rings. The molecule has 0 saturated heterocycles. The van der Waals surface area contributed by atoms with E-state index < -0.39 is 22.0 Å². The highest BCUT2D eigenvalue weighted by Gasteiger charge is 2.30. The molecule has 1 aliphatic rings. The Kier molecular flexibility index (Phi) is 7.79. The number of nitrogens with one attached hydrogen (secondary N) is 2. The second kappa shape index (κ2) is 10.4. The standard InChI is InChI=1S/C25H33N3O4S/c1-17-14-18(2)16-21(15-17)28(33(4,31)32)19(3)24(29)27-23-13-9-8-12-22(23)25(30)26-20-10-6-5-7-11-20/h8-9,12-16,19-20H,5-7,10-11H2,1-4H3,(H,26,30)(H,27,29)/t19-/m0/s1. The van der Waals surface area contributed by atoms with Gasteiger partial charge in [-0.3, -0.25) is 13.9 Å². The maximum absolute atomic E-state index is 13.2. The van der Waals surface area contributed by atoms with E-state index in [0.29, 0.717) is 16.9 Å². The normalized spacial score (nSPS) is 15.5. The van der Waals surface area contributed by atoms with E-state index in [-0.39, 0.29) is 11.9 Å². The average molecular weight is 472 g/mol. The van der Waals surface area contributed by atoms with E-state index in [4.69, 9.17) is 0 Å². The van der Waals surface area contributed by atoms with Crippen molar-refractivity contribution in [1.29, 1.82) is 0 Å². The zero-order valence-electron chi connectivity index (χ0n) is 19.7. The van der Waals surface area contributed by atoms with Gasteiger partial charge in [0.05, 0.1) is 23.2 Å². The lowest BCUT2D eigenvalue weighted by atomic mass is 9.95. The van der Waals surface area contributed by atoms with Crippen LogP contribution in [0.15, 0.2) is 42.5 Å². The van der Waals surface area contributed by atoms with Crippen LogP contribution in [-0.2, 0) is 14.8 Å². The number of carbonyl (C=O) groups excluding carboxylic acids is 2. The van der Waals surface area contributed by atoms with Crippen molar-refractivity contribution in [2.75, 3.05) is 15.9 Å². The Morgan fingerprint density at radius 2 is 1.61 bits per heavy atom. The van der Waals surface area contributed by atoms with Gasteiger partial charge in [0.25, 0.3) is 5.91 Å². The monoisotopic (exact) mass is 471 g/mol. The molecule has 2 N–H and O–H groups in total. The SMILES string of the molecule is Cc1cc(C)cc(N([C@@H](C)C(=O)Nc2ccccc2C(=O)NC2CCCCC2)S(C)(=O)=O)c1. The van der Waals surface area contributed by atoms with E-state index in [2.05, 4.69) is 10.6 Å². The Labute approximate surface area is 196 Å². The summed E-state index contributed by atoms with van der Waals surface area (Å²) in [6, 6.07) is 11.3. The molecule has 0 unspecified atom stereocenters. The third-order valence-corrected chi connectivity index (χ3v) is 7.16. The number of sulfonamides is 1. The third kappa shape index (κ3) is 6.35. The first-order valence-electron chi connectivity index (χ1n) is 11.3. The molecule has 2 amide bonds. The molecule has 0 bridgehead atoms. The molecule has 178 valence electrons. The van der Waals surface area contributed by atoms with Gasteiger partial charge < -0.3 is 10.6 Å². The highest BCUT2D eigenvalue weighted by atomic mass is 32.2. The largest absolute Gasteiger partial charge is 0.349 e. The smallest absolute Gasteiger partial charge is 0.253 e. The molecule has 2 aromatic carbocycles. The molecular weight excluding hydrogens is 438 g/mol. The fourth-order valence-electron chi connectivity index (χ4n) is 4.42. The van der Waals surface area contributed by atoms with Crippen molar-refractivity contribution in [3.05, 3.63) is 59.2 Å². The van der Waals surface area contributed by atoms with Gasteiger partial charge in [-0.2, -0.15) is 0 Å². The lowest BCUT2D eigenvalue weighted by Gasteiger charge is -2.29. The molecule has 7 nitrogen and oxygen atoms in total. The topological polar surface area (TPSA) is 95.6 Å². The number of para-hydroxylation sites is 1. The van der Waals surface area contributed by atoms with Gasteiger partial charge in [-0.15, -0.1) is 0 Å². The molecule has 0 aliphatic heterocycles. The van der Waals surface area contributed by atoms with Gasteiger partial charge in [-0.25, -0.2) is 8.42 Å². The third-order valence-electron chi connectivity index (χ3n) is 5.92. The van der Waals surface area contributed by atoms with Crippen LogP contribution in [0.1, 0.15) is 60.5 Å². The molecule has 1 atom stereocenters. The highest BCUT2D eigenvalue weighted by Crippen LogP contribution is 2.25. The molecule has 8 heteroatoms. The number of nitrogens with zero attached hydrogens (tertiary/aromatic N) is 1. The lowest BCUT2D eigenvalue weighted by molar-refractivity contribution is -0.116. The van der Waals surface area contributed by atoms with Crippen molar-refractivity contribution in [3.8, 4) is 0 Å². The van der Waals surface area contributed by atoms with Crippen LogP contribution < -0.4 is 14.9 Å². The van der Waals surface area contributed by atoms with Crippen molar-refractivity contribution >= 4 is 33.2 Å². The number of carbonyl (C=O) groups is 2.